The van der Waals surface area contributed by atoms with Gasteiger partial charge < -0.3 is 4.90 Å². The second-order valence-corrected chi connectivity index (χ2v) is 6.93. The fraction of sp³-hybridized carbons (Fsp3) is 0.529. The second kappa shape index (κ2) is 6.78. The highest BCUT2D eigenvalue weighted by Gasteiger charge is 2.32. The van der Waals surface area contributed by atoms with E-state index in [4.69, 9.17) is 16.9 Å². The molecule has 126 valence electrons. The molecule has 2 aromatic heterocycles. The summed E-state index contributed by atoms with van der Waals surface area (Å²) < 4.78 is 1.90. The molecule has 3 rings (SSSR count). The van der Waals surface area contributed by atoms with Gasteiger partial charge in [0.25, 0.3) is 0 Å². The van der Waals surface area contributed by atoms with E-state index in [2.05, 4.69) is 33.8 Å². The quantitative estimate of drug-likeness (QED) is 0.848. The maximum absolute atomic E-state index is 9.04. The number of hydrogen-bond donors (Lipinski definition) is 0. The molecule has 7 heteroatoms. The van der Waals surface area contributed by atoms with Gasteiger partial charge in [-0.1, -0.05) is 25.4 Å². The van der Waals surface area contributed by atoms with Crippen LogP contribution in [0.5, 0.6) is 0 Å². The maximum atomic E-state index is 9.04. The van der Waals surface area contributed by atoms with Gasteiger partial charge in [-0.3, -0.25) is 4.68 Å². The Labute approximate surface area is 147 Å². The molecule has 1 atom stereocenters. The minimum absolute atomic E-state index is 0.139. The van der Waals surface area contributed by atoms with Gasteiger partial charge in [0.2, 0.25) is 5.82 Å². The number of nitrogens with zero attached hydrogens (tertiary/aromatic N) is 6. The van der Waals surface area contributed by atoms with E-state index < -0.39 is 0 Å². The molecule has 6 nitrogen and oxygen atoms in total. The summed E-state index contributed by atoms with van der Waals surface area (Å²) in [6.07, 6.45) is 3.69. The van der Waals surface area contributed by atoms with Crippen LogP contribution in [0.3, 0.4) is 0 Å². The van der Waals surface area contributed by atoms with E-state index in [-0.39, 0.29) is 11.9 Å². The lowest BCUT2D eigenvalue weighted by Gasteiger charge is -2.26. The summed E-state index contributed by atoms with van der Waals surface area (Å²) in [6.45, 7) is 8.00. The second-order valence-electron chi connectivity index (χ2n) is 6.57. The maximum Gasteiger partial charge on any atom is 0.234 e. The van der Waals surface area contributed by atoms with Crippen molar-refractivity contribution in [2.24, 2.45) is 5.92 Å². The van der Waals surface area contributed by atoms with Crippen molar-refractivity contribution in [3.8, 4) is 6.07 Å². The van der Waals surface area contributed by atoms with E-state index in [9.17, 15) is 0 Å². The molecule has 0 aromatic carbocycles. The van der Waals surface area contributed by atoms with Crippen molar-refractivity contribution in [1.82, 2.24) is 19.7 Å². The predicted octanol–water partition coefficient (Wildman–Crippen LogP) is 3.50. The first-order valence-corrected chi connectivity index (χ1v) is 8.61. The van der Waals surface area contributed by atoms with Crippen LogP contribution in [0.1, 0.15) is 49.8 Å². The van der Waals surface area contributed by atoms with Crippen LogP contribution < -0.4 is 4.90 Å². The highest BCUT2D eigenvalue weighted by molar-refractivity contribution is 6.30. The van der Waals surface area contributed by atoms with Crippen molar-refractivity contribution in [2.45, 2.75) is 46.2 Å². The highest BCUT2D eigenvalue weighted by atomic mass is 35.5. The molecule has 0 amide bonds. The smallest absolute Gasteiger partial charge is 0.234 e. The molecule has 1 fully saturated rings. The summed E-state index contributed by atoms with van der Waals surface area (Å²) in [5.74, 6) is 1.45. The molecular weight excluding hydrogens is 324 g/mol. The third-order valence-corrected chi connectivity index (χ3v) is 4.67. The largest absolute Gasteiger partial charge is 0.349 e. The SMILES string of the molecule is Cc1nn(CC(C)C)c(Cl)c1C1CCCN1c1ccnc(C#N)n1. The third-order valence-electron chi connectivity index (χ3n) is 4.27. The van der Waals surface area contributed by atoms with Crippen LogP contribution in [0.2, 0.25) is 5.15 Å². The van der Waals surface area contributed by atoms with Gasteiger partial charge in [0.1, 0.15) is 17.0 Å². The molecule has 0 bridgehead atoms. The summed E-state index contributed by atoms with van der Waals surface area (Å²) in [6, 6.07) is 3.99. The summed E-state index contributed by atoms with van der Waals surface area (Å²) in [7, 11) is 0. The molecule has 1 aliphatic rings. The Morgan fingerprint density at radius 2 is 2.25 bits per heavy atom. The zero-order valence-corrected chi connectivity index (χ0v) is 15.0. The van der Waals surface area contributed by atoms with E-state index in [0.29, 0.717) is 11.1 Å². The Kier molecular flexibility index (Phi) is 4.72. The lowest BCUT2D eigenvalue weighted by Crippen LogP contribution is -2.24. The lowest BCUT2D eigenvalue weighted by molar-refractivity contribution is 0.481. The molecule has 1 saturated heterocycles. The average molecular weight is 345 g/mol. The first-order chi connectivity index (χ1) is 11.5. The standard InChI is InChI=1S/C17H21ClN6/c1-11(2)10-24-17(18)16(12(3)22-24)13-5-4-8-23(13)15-6-7-20-14(9-19)21-15/h6-7,11,13H,4-5,8,10H2,1-3H3. The summed E-state index contributed by atoms with van der Waals surface area (Å²) in [4.78, 5) is 10.5. The first-order valence-electron chi connectivity index (χ1n) is 8.23. The van der Waals surface area contributed by atoms with Crippen LogP contribution in [0.25, 0.3) is 0 Å². The third kappa shape index (κ3) is 3.09. The Bertz CT molecular complexity index is 776. The topological polar surface area (TPSA) is 70.6 Å². The van der Waals surface area contributed by atoms with Gasteiger partial charge in [-0.15, -0.1) is 0 Å². The fourth-order valence-corrected chi connectivity index (χ4v) is 3.69. The predicted molar refractivity (Wildman–Crippen MR) is 92.9 cm³/mol. The van der Waals surface area contributed by atoms with Gasteiger partial charge in [0.15, 0.2) is 0 Å². The molecule has 3 heterocycles. The zero-order valence-electron chi connectivity index (χ0n) is 14.2. The molecule has 1 unspecified atom stereocenters. The Morgan fingerprint density at radius 3 is 2.96 bits per heavy atom. The van der Waals surface area contributed by atoms with E-state index in [0.717, 1.165) is 43.0 Å². The minimum Gasteiger partial charge on any atom is -0.349 e. The van der Waals surface area contributed by atoms with Crippen molar-refractivity contribution in [2.75, 3.05) is 11.4 Å². The molecule has 1 aliphatic heterocycles. The lowest BCUT2D eigenvalue weighted by atomic mass is 10.1. The average Bonchev–Trinajstić information content (AvgIpc) is 3.12. The van der Waals surface area contributed by atoms with E-state index in [1.807, 2.05) is 23.7 Å². The van der Waals surface area contributed by atoms with Gasteiger partial charge in [-0.25, -0.2) is 9.97 Å². The number of aromatic nitrogens is 4. The van der Waals surface area contributed by atoms with Crippen LogP contribution in [-0.2, 0) is 6.54 Å². The zero-order chi connectivity index (χ0) is 17.3. The van der Waals surface area contributed by atoms with Crippen LogP contribution >= 0.6 is 11.6 Å². The van der Waals surface area contributed by atoms with Gasteiger partial charge in [0.05, 0.1) is 11.7 Å². The van der Waals surface area contributed by atoms with Gasteiger partial charge in [-0.05, 0) is 31.7 Å². The van der Waals surface area contributed by atoms with Crippen molar-refractivity contribution in [1.29, 1.82) is 5.26 Å². The number of anilines is 1. The number of hydrogen-bond acceptors (Lipinski definition) is 5. The Balaban J connectivity index is 1.96. The van der Waals surface area contributed by atoms with E-state index >= 15 is 0 Å². The summed E-state index contributed by atoms with van der Waals surface area (Å²) >= 11 is 6.65. The molecule has 0 radical (unpaired) electrons. The normalized spacial score (nSPS) is 17.5. The van der Waals surface area contributed by atoms with Crippen molar-refractivity contribution >= 4 is 17.4 Å². The van der Waals surface area contributed by atoms with Gasteiger partial charge in [0, 0.05) is 24.8 Å². The number of rotatable bonds is 4. The highest BCUT2D eigenvalue weighted by Crippen LogP contribution is 2.39. The number of nitriles is 1. The van der Waals surface area contributed by atoms with Gasteiger partial charge in [-0.2, -0.15) is 10.4 Å². The van der Waals surface area contributed by atoms with Crippen LogP contribution in [0.4, 0.5) is 5.82 Å². The monoisotopic (exact) mass is 344 g/mol. The molecule has 0 saturated carbocycles. The van der Waals surface area contributed by atoms with Crippen molar-refractivity contribution < 1.29 is 0 Å². The van der Waals surface area contributed by atoms with E-state index in [1.165, 1.54) is 0 Å². The number of aryl methyl sites for hydroxylation is 1. The van der Waals surface area contributed by atoms with E-state index in [1.54, 1.807) is 6.20 Å². The van der Waals surface area contributed by atoms with Crippen LogP contribution in [-0.4, -0.2) is 26.3 Å². The van der Waals surface area contributed by atoms with Crippen molar-refractivity contribution in [3.63, 3.8) is 0 Å². The minimum atomic E-state index is 0.139. The molecule has 0 spiro atoms. The number of halogens is 1. The van der Waals surface area contributed by atoms with Gasteiger partial charge >= 0.3 is 0 Å². The molecule has 0 aliphatic carbocycles. The Hall–Kier alpha value is -2.13. The van der Waals surface area contributed by atoms with Crippen LogP contribution in [0, 0.1) is 24.2 Å². The molecule has 24 heavy (non-hydrogen) atoms. The fourth-order valence-electron chi connectivity index (χ4n) is 3.32. The molecular formula is C17H21ClN6. The summed E-state index contributed by atoms with van der Waals surface area (Å²) in [5.41, 5.74) is 2.04. The Morgan fingerprint density at radius 1 is 1.46 bits per heavy atom. The first kappa shape index (κ1) is 16.7. The molecule has 2 aromatic rings. The van der Waals surface area contributed by atoms with Crippen molar-refractivity contribution in [3.05, 3.63) is 34.5 Å². The molecule has 0 N–H and O–H groups in total. The van der Waals surface area contributed by atoms with Crippen LogP contribution in [0.15, 0.2) is 12.3 Å². The summed E-state index contributed by atoms with van der Waals surface area (Å²) in [5, 5.41) is 14.4.